The zero-order chi connectivity index (χ0) is 32.7. The summed E-state index contributed by atoms with van der Waals surface area (Å²) >= 11 is 0. The van der Waals surface area contributed by atoms with E-state index in [2.05, 4.69) is 4.74 Å². The first-order chi connectivity index (χ1) is 18.0. The molecule has 1 unspecified atom stereocenters. The fraction of sp³-hybridized carbons (Fsp3) is 0.947. The highest BCUT2D eigenvalue weighted by Gasteiger charge is 2.82. The van der Waals surface area contributed by atoms with Crippen LogP contribution in [0.15, 0.2) is 0 Å². The minimum Gasteiger partial charge on any atom is -0.465 e. The number of hydrogen-bond donors (Lipinski definition) is 0. The van der Waals surface area contributed by atoms with Crippen LogP contribution in [0.3, 0.4) is 0 Å². The van der Waals surface area contributed by atoms with E-state index in [1.165, 1.54) is 6.92 Å². The van der Waals surface area contributed by atoms with Crippen LogP contribution in [-0.4, -0.2) is 109 Å². The summed E-state index contributed by atoms with van der Waals surface area (Å²) in [6, 6.07) is -1.94. The van der Waals surface area contributed by atoms with E-state index in [4.69, 9.17) is 0 Å². The Bertz CT molecular complexity index is 901. The van der Waals surface area contributed by atoms with Crippen molar-refractivity contribution in [2.24, 2.45) is 0 Å². The van der Waals surface area contributed by atoms with E-state index in [1.807, 2.05) is 0 Å². The minimum absolute atomic E-state index is 0.466. The molecule has 0 bridgehead atoms. The number of ether oxygens (including phenoxy) is 1. The van der Waals surface area contributed by atoms with Gasteiger partial charge in [0, 0.05) is 45.6 Å². The number of nitrogens with zero attached hydrogens (tertiary/aromatic N) is 2. The van der Waals surface area contributed by atoms with Gasteiger partial charge in [0.25, 0.3) is 0 Å². The molecule has 0 aliphatic carbocycles. The molecule has 0 aromatic heterocycles. The van der Waals surface area contributed by atoms with Crippen molar-refractivity contribution in [3.8, 4) is 0 Å². The predicted molar refractivity (Wildman–Crippen MR) is 99.5 cm³/mol. The first kappa shape index (κ1) is 37.2. The average molecular weight is 650 g/mol. The maximum absolute atomic E-state index is 13.9. The second-order valence-corrected chi connectivity index (χ2v) is 8.81. The number of carbonyl (C=O) groups is 1. The lowest BCUT2D eigenvalue weighted by Gasteiger charge is -2.42. The zero-order valence-corrected chi connectivity index (χ0v) is 20.2. The summed E-state index contributed by atoms with van der Waals surface area (Å²) in [5, 5.41) is 0. The van der Waals surface area contributed by atoms with Gasteiger partial charge in [0.1, 0.15) is 6.04 Å². The topological polar surface area (TPSA) is 32.8 Å². The highest BCUT2D eigenvalue weighted by Crippen LogP contribution is 2.55. The van der Waals surface area contributed by atoms with Crippen LogP contribution in [0.25, 0.3) is 0 Å². The van der Waals surface area contributed by atoms with Gasteiger partial charge in [-0.15, -0.1) is 0 Å². The maximum Gasteiger partial charge on any atom is 0.460 e. The quantitative estimate of drug-likeness (QED) is 0.185. The van der Waals surface area contributed by atoms with E-state index < -0.39 is 112 Å². The molecule has 0 saturated carbocycles. The average Bonchev–Trinajstić information content (AvgIpc) is 2.79. The largest absolute Gasteiger partial charge is 0.465 e. The van der Waals surface area contributed by atoms with E-state index in [1.54, 1.807) is 0 Å². The number of hydrogen-bond acceptors (Lipinski definition) is 4. The van der Waals surface area contributed by atoms with Crippen LogP contribution in [0, 0.1) is 0 Å². The smallest absolute Gasteiger partial charge is 0.460 e. The molecule has 1 fully saturated rings. The number of piperazine rings is 1. The van der Waals surface area contributed by atoms with Crippen LogP contribution in [0.1, 0.15) is 19.8 Å². The fourth-order valence-corrected chi connectivity index (χ4v) is 3.52. The molecule has 244 valence electrons. The molecule has 1 rings (SSSR count). The third-order valence-electron chi connectivity index (χ3n) is 6.01. The fourth-order valence-electron chi connectivity index (χ4n) is 3.52. The van der Waals surface area contributed by atoms with E-state index in [9.17, 15) is 83.8 Å². The summed E-state index contributed by atoms with van der Waals surface area (Å²) in [6.07, 6.45) is -19.0. The van der Waals surface area contributed by atoms with E-state index >= 15 is 0 Å². The maximum atomic E-state index is 13.9. The molecule has 0 amide bonds. The highest BCUT2D eigenvalue weighted by atomic mass is 19.4. The molecule has 0 N–H and O–H groups in total. The summed E-state index contributed by atoms with van der Waals surface area (Å²) in [7, 11) is 0. The Morgan fingerprint density at radius 1 is 0.634 bits per heavy atom. The Morgan fingerprint density at radius 2 is 1.02 bits per heavy atom. The number of halogens is 18. The van der Waals surface area contributed by atoms with Crippen LogP contribution >= 0.6 is 0 Å². The molecule has 0 aromatic carbocycles. The van der Waals surface area contributed by atoms with Gasteiger partial charge in [0.15, 0.2) is 0 Å². The Hall–Kier alpha value is -1.87. The van der Waals surface area contributed by atoms with Crippen molar-refractivity contribution in [3.63, 3.8) is 0 Å². The molecular weight excluding hydrogens is 630 g/mol. The van der Waals surface area contributed by atoms with E-state index in [0.717, 1.165) is 0 Å². The molecular formula is C19H20F18N2O2. The molecule has 0 radical (unpaired) electrons. The normalized spacial score (nSPS) is 19.9. The Balaban J connectivity index is 3.07. The van der Waals surface area contributed by atoms with Gasteiger partial charge >= 0.3 is 53.9 Å². The molecule has 22 heteroatoms. The molecule has 1 atom stereocenters. The van der Waals surface area contributed by atoms with Crippen molar-refractivity contribution in [1.82, 2.24) is 9.80 Å². The molecule has 1 aliphatic rings. The van der Waals surface area contributed by atoms with Gasteiger partial charge in [-0.3, -0.25) is 14.6 Å². The van der Waals surface area contributed by atoms with Crippen molar-refractivity contribution in [1.29, 1.82) is 0 Å². The van der Waals surface area contributed by atoms with Gasteiger partial charge in [-0.05, 0) is 6.92 Å². The SMILES string of the molecule is CCOC(=O)C1CN(CCC(F)(F)C(F)(F)C(F)(F)C(F)(F)F)CCN1CCC(F)(F)C(F)(F)C(F)(F)C(F)(F)F. The van der Waals surface area contributed by atoms with Crippen LogP contribution in [-0.2, 0) is 9.53 Å². The Labute approximate surface area is 218 Å². The zero-order valence-electron chi connectivity index (χ0n) is 20.2. The Morgan fingerprint density at radius 3 is 1.39 bits per heavy atom. The van der Waals surface area contributed by atoms with E-state index in [0.29, 0.717) is 9.80 Å². The molecule has 1 aliphatic heterocycles. The first-order valence-corrected chi connectivity index (χ1v) is 11.0. The first-order valence-electron chi connectivity index (χ1n) is 11.0. The molecule has 0 spiro atoms. The third-order valence-corrected chi connectivity index (χ3v) is 6.01. The second-order valence-electron chi connectivity index (χ2n) is 8.81. The van der Waals surface area contributed by atoms with Crippen molar-refractivity contribution < 1.29 is 88.6 Å². The van der Waals surface area contributed by atoms with Gasteiger partial charge in [0.05, 0.1) is 6.61 Å². The summed E-state index contributed by atoms with van der Waals surface area (Å²) in [5.41, 5.74) is 0. The van der Waals surface area contributed by atoms with E-state index in [-0.39, 0.29) is 0 Å². The Kier molecular flexibility index (Phi) is 10.6. The number of alkyl halides is 18. The van der Waals surface area contributed by atoms with Gasteiger partial charge in [0.2, 0.25) is 0 Å². The predicted octanol–water partition coefficient (Wildman–Crippen LogP) is 6.25. The van der Waals surface area contributed by atoms with Crippen LogP contribution < -0.4 is 0 Å². The van der Waals surface area contributed by atoms with Crippen LogP contribution in [0.4, 0.5) is 79.0 Å². The van der Waals surface area contributed by atoms with Crippen LogP contribution in [0.5, 0.6) is 0 Å². The summed E-state index contributed by atoms with van der Waals surface area (Å²) < 4.78 is 240. The molecule has 41 heavy (non-hydrogen) atoms. The highest BCUT2D eigenvalue weighted by molar-refractivity contribution is 5.76. The molecule has 0 aromatic rings. The summed E-state index contributed by atoms with van der Waals surface area (Å²) in [4.78, 5) is 13.2. The minimum atomic E-state index is -7.20. The van der Waals surface area contributed by atoms with Crippen LogP contribution in [0.2, 0.25) is 0 Å². The van der Waals surface area contributed by atoms with Crippen molar-refractivity contribution in [2.75, 3.05) is 39.3 Å². The van der Waals surface area contributed by atoms with Crippen molar-refractivity contribution in [2.45, 2.75) is 73.7 Å². The summed E-state index contributed by atoms with van der Waals surface area (Å²) in [5.74, 6) is -41.8. The van der Waals surface area contributed by atoms with Crippen molar-refractivity contribution in [3.05, 3.63) is 0 Å². The monoisotopic (exact) mass is 650 g/mol. The second kappa shape index (κ2) is 11.7. The lowest BCUT2D eigenvalue weighted by Crippen LogP contribution is -2.63. The standard InChI is InChI=1S/C19H20F18N2O2/c1-2-41-11(40)10-9-38(5-3-12(20,21)14(24,25)16(28,29)18(32,33)34)7-8-39(10)6-4-13(22,23)15(26,27)17(30,31)19(35,36)37/h10H,2-9H2,1H3. The number of esters is 1. The van der Waals surface area contributed by atoms with Gasteiger partial charge in [-0.2, -0.15) is 79.0 Å². The van der Waals surface area contributed by atoms with Crippen molar-refractivity contribution >= 4 is 5.97 Å². The number of carbonyl (C=O) groups excluding carboxylic acids is 1. The third kappa shape index (κ3) is 7.03. The number of rotatable bonds is 12. The summed E-state index contributed by atoms with van der Waals surface area (Å²) in [6.45, 7) is -4.77. The van der Waals surface area contributed by atoms with Gasteiger partial charge < -0.3 is 4.74 Å². The lowest BCUT2D eigenvalue weighted by molar-refractivity contribution is -0.397. The molecule has 1 heterocycles. The van der Waals surface area contributed by atoms with Gasteiger partial charge in [-0.25, -0.2) is 0 Å². The van der Waals surface area contributed by atoms with Gasteiger partial charge in [-0.1, -0.05) is 0 Å². The lowest BCUT2D eigenvalue weighted by atomic mass is 9.99. The molecule has 4 nitrogen and oxygen atoms in total. The molecule has 1 saturated heterocycles.